The van der Waals surface area contributed by atoms with Gasteiger partial charge in [-0.2, -0.15) is 15.0 Å². The van der Waals surface area contributed by atoms with Crippen LogP contribution in [-0.2, 0) is 14.6 Å². The van der Waals surface area contributed by atoms with E-state index in [2.05, 4.69) is 50.0 Å². The minimum absolute atomic E-state index is 0.0127. The van der Waals surface area contributed by atoms with Gasteiger partial charge in [0.1, 0.15) is 5.52 Å². The van der Waals surface area contributed by atoms with E-state index in [-0.39, 0.29) is 28.2 Å². The number of terminal acetylenes is 1. The van der Waals surface area contributed by atoms with E-state index in [1.165, 1.54) is 31.1 Å². The van der Waals surface area contributed by atoms with Crippen molar-refractivity contribution in [2.45, 2.75) is 87.0 Å². The van der Waals surface area contributed by atoms with Crippen molar-refractivity contribution >= 4 is 32.8 Å². The number of morpholine rings is 1. The van der Waals surface area contributed by atoms with Crippen molar-refractivity contribution in [3.8, 4) is 12.3 Å². The fraction of sp³-hybridized carbons (Fsp3) is 0.606. The van der Waals surface area contributed by atoms with Crippen LogP contribution in [-0.4, -0.2) is 59.5 Å². The molecule has 2 atom stereocenters. The number of fused-ring (bicyclic) bond motifs is 1. The quantitative estimate of drug-likeness (QED) is 0.288. The number of imidazole rings is 1. The van der Waals surface area contributed by atoms with Crippen LogP contribution in [0.5, 0.6) is 0 Å². The van der Waals surface area contributed by atoms with Gasteiger partial charge in [0.25, 0.3) is 5.16 Å². The summed E-state index contributed by atoms with van der Waals surface area (Å²) >= 11 is 0. The van der Waals surface area contributed by atoms with E-state index in [4.69, 9.17) is 21.1 Å². The molecule has 226 valence electrons. The number of hydrogen-bond acceptors (Lipinski definition) is 8. The van der Waals surface area contributed by atoms with E-state index in [9.17, 15) is 8.42 Å². The number of nitrogens with one attached hydrogen (secondary N) is 1. The van der Waals surface area contributed by atoms with Gasteiger partial charge in [0.15, 0.2) is 11.5 Å². The Morgan fingerprint density at radius 3 is 2.47 bits per heavy atom. The average molecular weight is 601 g/mol. The van der Waals surface area contributed by atoms with Crippen LogP contribution < -0.4 is 10.2 Å². The number of aromatic nitrogens is 4. The molecule has 5 aliphatic rings. The highest BCUT2D eigenvalue weighted by atomic mass is 32.2. The molecule has 0 bridgehead atoms. The summed E-state index contributed by atoms with van der Waals surface area (Å²) in [6.07, 6.45) is 18.2. The molecular formula is C33H40N6O3S. The van der Waals surface area contributed by atoms with Crippen LogP contribution in [0.3, 0.4) is 0 Å². The summed E-state index contributed by atoms with van der Waals surface area (Å²) in [5.41, 5.74) is 2.62. The van der Waals surface area contributed by atoms with Crippen LogP contribution in [0.2, 0.25) is 0 Å². The Balaban J connectivity index is 1.30. The number of hydrogen-bond donors (Lipinski definition) is 1. The fourth-order valence-electron chi connectivity index (χ4n) is 8.07. The van der Waals surface area contributed by atoms with Gasteiger partial charge in [-0.25, -0.2) is 8.42 Å². The molecule has 1 saturated heterocycles. The van der Waals surface area contributed by atoms with Crippen molar-refractivity contribution in [1.29, 1.82) is 0 Å². The highest BCUT2D eigenvalue weighted by molar-refractivity contribution is 7.90. The molecule has 3 heterocycles. The van der Waals surface area contributed by atoms with Crippen molar-refractivity contribution in [1.82, 2.24) is 19.5 Å². The van der Waals surface area contributed by atoms with E-state index >= 15 is 0 Å². The van der Waals surface area contributed by atoms with Crippen molar-refractivity contribution in [3.05, 3.63) is 35.9 Å². The van der Waals surface area contributed by atoms with Gasteiger partial charge in [-0.05, 0) is 74.7 Å². The third-order valence-corrected chi connectivity index (χ3v) is 12.0. The first kappa shape index (κ1) is 27.4. The second kappa shape index (κ2) is 9.93. The second-order valence-electron chi connectivity index (χ2n) is 13.7. The SMILES string of the molecule is C#CC1CCC2(CC1)CC2n1c(N2CCOC[C@H]2c2ccccc2)nc2nc(S(C)(=O)=O)nc(NC3(C4CCC4)CC3)c21. The summed E-state index contributed by atoms with van der Waals surface area (Å²) in [5.74, 6) is 5.40. The Labute approximate surface area is 253 Å². The molecule has 43 heavy (non-hydrogen) atoms. The lowest BCUT2D eigenvalue weighted by atomic mass is 9.78. The normalized spacial score (nSPS) is 30.1. The summed E-state index contributed by atoms with van der Waals surface area (Å²) in [7, 11) is -3.65. The monoisotopic (exact) mass is 600 g/mol. The number of ether oxygens (including phenoxy) is 1. The van der Waals surface area contributed by atoms with Crippen LogP contribution in [0.15, 0.2) is 35.5 Å². The summed E-state index contributed by atoms with van der Waals surface area (Å²) in [4.78, 5) is 16.9. The molecule has 2 aromatic heterocycles. The lowest BCUT2D eigenvalue weighted by Gasteiger charge is -2.37. The van der Waals surface area contributed by atoms with E-state index in [1.54, 1.807) is 0 Å². The van der Waals surface area contributed by atoms with Crippen molar-refractivity contribution < 1.29 is 13.2 Å². The predicted octanol–water partition coefficient (Wildman–Crippen LogP) is 5.31. The summed E-state index contributed by atoms with van der Waals surface area (Å²) < 4.78 is 34.1. The number of benzene rings is 1. The Bertz CT molecular complexity index is 1700. The van der Waals surface area contributed by atoms with Crippen molar-refractivity contribution in [2.24, 2.45) is 17.3 Å². The van der Waals surface area contributed by atoms with Crippen LogP contribution in [0.4, 0.5) is 11.8 Å². The largest absolute Gasteiger partial charge is 0.377 e. The molecule has 9 nitrogen and oxygen atoms in total. The summed E-state index contributed by atoms with van der Waals surface area (Å²) in [5, 5.41) is 3.67. The van der Waals surface area contributed by atoms with Crippen LogP contribution >= 0.6 is 0 Å². The Morgan fingerprint density at radius 1 is 1.05 bits per heavy atom. The fourth-order valence-corrected chi connectivity index (χ4v) is 8.58. The summed E-state index contributed by atoms with van der Waals surface area (Å²) in [6, 6.07) is 10.7. The Kier molecular flexibility index (Phi) is 6.33. The Hall–Kier alpha value is -3.16. The molecule has 4 aliphatic carbocycles. The van der Waals surface area contributed by atoms with E-state index < -0.39 is 9.84 Å². The first-order chi connectivity index (χ1) is 20.8. The molecule has 0 radical (unpaired) electrons. The highest BCUT2D eigenvalue weighted by Gasteiger charge is 2.58. The molecule has 8 rings (SSSR count). The van der Waals surface area contributed by atoms with E-state index in [0.29, 0.717) is 43.1 Å². The minimum Gasteiger partial charge on any atom is -0.377 e. The lowest BCUT2D eigenvalue weighted by molar-refractivity contribution is 0.0928. The standard InChI is InChI=1S/C33H40N6O3S/c1-3-22-12-14-32(15-13-22)20-26(32)39-27-28(36-31(39)38-18-19-42-21-25(38)23-8-5-4-6-9-23)34-30(43(2,40)41)35-29(27)37-33(16-17-33)24-10-7-11-24/h1,4-6,8-9,22,24-26H,7,10-21H2,2H3,(H,34,35,37)/t22?,25-,26?,32?/m0/s1. The number of sulfone groups is 1. The third kappa shape index (κ3) is 4.62. The maximum absolute atomic E-state index is 12.9. The highest BCUT2D eigenvalue weighted by Crippen LogP contribution is 2.66. The first-order valence-corrected chi connectivity index (χ1v) is 17.8. The topological polar surface area (TPSA) is 102 Å². The van der Waals surface area contributed by atoms with Crippen molar-refractivity contribution in [2.75, 3.05) is 36.2 Å². The van der Waals surface area contributed by atoms with E-state index in [1.807, 2.05) is 6.07 Å². The van der Waals surface area contributed by atoms with Crippen molar-refractivity contribution in [3.63, 3.8) is 0 Å². The lowest BCUT2D eigenvalue weighted by Crippen LogP contribution is -2.41. The number of nitrogens with zero attached hydrogens (tertiary/aromatic N) is 5. The summed E-state index contributed by atoms with van der Waals surface area (Å²) in [6.45, 7) is 1.84. The average Bonchev–Trinajstić information content (AvgIpc) is 3.87. The van der Waals surface area contributed by atoms with Crippen LogP contribution in [0.1, 0.15) is 81.9 Å². The van der Waals surface area contributed by atoms with Crippen LogP contribution in [0.25, 0.3) is 11.2 Å². The molecular weight excluding hydrogens is 560 g/mol. The number of rotatable bonds is 7. The van der Waals surface area contributed by atoms with Gasteiger partial charge in [-0.15, -0.1) is 12.3 Å². The predicted molar refractivity (Wildman–Crippen MR) is 166 cm³/mol. The van der Waals surface area contributed by atoms with Gasteiger partial charge in [0, 0.05) is 30.3 Å². The second-order valence-corrected chi connectivity index (χ2v) is 15.6. The zero-order chi connectivity index (χ0) is 29.4. The molecule has 10 heteroatoms. The Morgan fingerprint density at radius 2 is 1.81 bits per heavy atom. The van der Waals surface area contributed by atoms with Gasteiger partial charge in [-0.1, -0.05) is 36.8 Å². The van der Waals surface area contributed by atoms with Crippen LogP contribution in [0, 0.1) is 29.6 Å². The maximum Gasteiger partial charge on any atom is 0.250 e. The van der Waals surface area contributed by atoms with Gasteiger partial charge in [0.2, 0.25) is 15.8 Å². The van der Waals surface area contributed by atoms with Gasteiger partial charge < -0.3 is 19.5 Å². The smallest absolute Gasteiger partial charge is 0.250 e. The molecule has 1 aromatic carbocycles. The molecule has 4 saturated carbocycles. The zero-order valence-corrected chi connectivity index (χ0v) is 25.7. The molecule has 1 spiro atoms. The molecule has 1 N–H and O–H groups in total. The minimum atomic E-state index is -3.65. The zero-order valence-electron chi connectivity index (χ0n) is 24.8. The molecule has 3 aromatic rings. The van der Waals surface area contributed by atoms with Gasteiger partial charge >= 0.3 is 0 Å². The molecule has 1 aliphatic heterocycles. The molecule has 0 amide bonds. The van der Waals surface area contributed by atoms with E-state index in [0.717, 1.165) is 56.4 Å². The number of anilines is 2. The first-order valence-electron chi connectivity index (χ1n) is 15.9. The third-order valence-electron chi connectivity index (χ3n) is 11.1. The van der Waals surface area contributed by atoms with Gasteiger partial charge in [0.05, 0.1) is 19.3 Å². The van der Waals surface area contributed by atoms with Gasteiger partial charge in [-0.3, -0.25) is 0 Å². The molecule has 5 fully saturated rings. The maximum atomic E-state index is 12.9. The molecule has 1 unspecified atom stereocenters.